The van der Waals surface area contributed by atoms with E-state index < -0.39 is 0 Å². The molecule has 0 amide bonds. The number of benzene rings is 2. The lowest BCUT2D eigenvalue weighted by Crippen LogP contribution is -1.99. The molecule has 0 spiro atoms. The molecule has 2 rings (SSSR count). The van der Waals surface area contributed by atoms with Gasteiger partial charge in [-0.15, -0.1) is 0 Å². The van der Waals surface area contributed by atoms with Gasteiger partial charge in [-0.25, -0.2) is 0 Å². The van der Waals surface area contributed by atoms with Crippen LogP contribution >= 0.6 is 15.9 Å². The normalized spacial score (nSPS) is 10.8. The molecule has 0 radical (unpaired) electrons. The number of carbonyl (C=O) groups is 1. The molecule has 0 aliphatic heterocycles. The highest BCUT2D eigenvalue weighted by Crippen LogP contribution is 2.23. The molecule has 2 aromatic carbocycles. The van der Waals surface area contributed by atoms with Crippen LogP contribution in [0.4, 0.5) is 5.69 Å². The van der Waals surface area contributed by atoms with Crippen molar-refractivity contribution in [1.29, 1.82) is 0 Å². The maximum Gasteiger partial charge on any atom is 0.187 e. The maximum absolute atomic E-state index is 12.2. The summed E-state index contributed by atoms with van der Waals surface area (Å²) >= 11 is 3.50. The number of carbonyl (C=O) groups excluding carboxylic acids is 1. The fourth-order valence-electron chi connectivity index (χ4n) is 2.09. The molecule has 0 heterocycles. The first-order chi connectivity index (χ1) is 11.6. The third-order valence-electron chi connectivity index (χ3n) is 3.50. The summed E-state index contributed by atoms with van der Waals surface area (Å²) in [7, 11) is 0. The molecule has 0 fully saturated rings. The molecule has 24 heavy (non-hydrogen) atoms. The highest BCUT2D eigenvalue weighted by atomic mass is 79.9. The molecule has 0 aliphatic rings. The Morgan fingerprint density at radius 1 is 1.21 bits per heavy atom. The standard InChI is InChI=1S/C20H22BrNO2/c1-3-4-13-24-17-8-6-16(7-9-17)20(23)11-12-22-19-10-5-15(2)14-18(19)21/h5-12,14,22H,3-4,13H2,1-2H3/b12-11+. The predicted octanol–water partition coefficient (Wildman–Crippen LogP) is 5.74. The number of aryl methyl sites for hydroxylation is 1. The summed E-state index contributed by atoms with van der Waals surface area (Å²) in [6.07, 6.45) is 5.32. The Labute approximate surface area is 151 Å². The van der Waals surface area contributed by atoms with Gasteiger partial charge < -0.3 is 10.1 Å². The largest absolute Gasteiger partial charge is 0.494 e. The van der Waals surface area contributed by atoms with Gasteiger partial charge in [-0.2, -0.15) is 0 Å². The smallest absolute Gasteiger partial charge is 0.187 e. The molecule has 0 bridgehead atoms. The van der Waals surface area contributed by atoms with Crippen molar-refractivity contribution in [3.8, 4) is 5.75 Å². The van der Waals surface area contributed by atoms with E-state index in [4.69, 9.17) is 4.74 Å². The predicted molar refractivity (Wildman–Crippen MR) is 103 cm³/mol. The van der Waals surface area contributed by atoms with E-state index in [0.717, 1.165) is 28.8 Å². The summed E-state index contributed by atoms with van der Waals surface area (Å²) in [4.78, 5) is 12.2. The lowest BCUT2D eigenvalue weighted by atomic mass is 10.1. The molecule has 4 heteroatoms. The van der Waals surface area contributed by atoms with Crippen molar-refractivity contribution in [2.75, 3.05) is 11.9 Å². The van der Waals surface area contributed by atoms with Gasteiger partial charge in [0.2, 0.25) is 0 Å². The zero-order valence-corrected chi connectivity index (χ0v) is 15.6. The van der Waals surface area contributed by atoms with E-state index in [2.05, 4.69) is 28.2 Å². The van der Waals surface area contributed by atoms with E-state index in [0.29, 0.717) is 12.2 Å². The van der Waals surface area contributed by atoms with E-state index in [1.165, 1.54) is 11.6 Å². The van der Waals surface area contributed by atoms with Gasteiger partial charge in [-0.05, 0) is 71.2 Å². The molecule has 1 N–H and O–H groups in total. The van der Waals surface area contributed by atoms with Crippen molar-refractivity contribution in [3.05, 3.63) is 70.3 Å². The van der Waals surface area contributed by atoms with Gasteiger partial charge in [0, 0.05) is 22.3 Å². The van der Waals surface area contributed by atoms with Gasteiger partial charge in [0.05, 0.1) is 12.3 Å². The Morgan fingerprint density at radius 2 is 1.96 bits per heavy atom. The summed E-state index contributed by atoms with van der Waals surface area (Å²) in [5, 5.41) is 3.11. The van der Waals surface area contributed by atoms with Crippen LogP contribution in [0.15, 0.2) is 59.2 Å². The molecule has 0 aliphatic carbocycles. The Kier molecular flexibility index (Phi) is 7.07. The highest BCUT2D eigenvalue weighted by molar-refractivity contribution is 9.10. The van der Waals surface area contributed by atoms with Crippen molar-refractivity contribution in [3.63, 3.8) is 0 Å². The van der Waals surface area contributed by atoms with Crippen LogP contribution in [0.25, 0.3) is 0 Å². The summed E-state index contributed by atoms with van der Waals surface area (Å²) < 4.78 is 6.56. The number of rotatable bonds is 8. The minimum atomic E-state index is -0.0501. The molecule has 3 nitrogen and oxygen atoms in total. The number of hydrogen-bond donors (Lipinski definition) is 1. The average molecular weight is 388 g/mol. The van der Waals surface area contributed by atoms with E-state index in [1.807, 2.05) is 37.3 Å². The van der Waals surface area contributed by atoms with Crippen LogP contribution in [0.2, 0.25) is 0 Å². The quantitative estimate of drug-likeness (QED) is 0.356. The van der Waals surface area contributed by atoms with Crippen LogP contribution in [-0.4, -0.2) is 12.4 Å². The summed E-state index contributed by atoms with van der Waals surface area (Å²) in [6.45, 7) is 4.86. The zero-order valence-electron chi connectivity index (χ0n) is 14.0. The van der Waals surface area contributed by atoms with Gasteiger partial charge in [-0.1, -0.05) is 19.4 Å². The monoisotopic (exact) mass is 387 g/mol. The van der Waals surface area contributed by atoms with Gasteiger partial charge in [0.1, 0.15) is 5.75 Å². The van der Waals surface area contributed by atoms with Gasteiger partial charge in [-0.3, -0.25) is 4.79 Å². The number of hydrogen-bond acceptors (Lipinski definition) is 3. The molecule has 126 valence electrons. The molecular formula is C20H22BrNO2. The fraction of sp³-hybridized carbons (Fsp3) is 0.250. The molecule has 0 aromatic heterocycles. The Hall–Kier alpha value is -2.07. The first kappa shape index (κ1) is 18.3. The molecule has 0 atom stereocenters. The second-order valence-corrected chi connectivity index (χ2v) is 6.41. The van der Waals surface area contributed by atoms with Crippen LogP contribution in [-0.2, 0) is 0 Å². The van der Waals surface area contributed by atoms with E-state index in [1.54, 1.807) is 18.3 Å². The number of allylic oxidation sites excluding steroid dienone is 1. The Balaban J connectivity index is 1.91. The number of nitrogens with one attached hydrogen (secondary N) is 1. The first-order valence-corrected chi connectivity index (χ1v) is 8.86. The number of halogens is 1. The van der Waals surface area contributed by atoms with Crippen LogP contribution in [0.1, 0.15) is 35.7 Å². The first-order valence-electron chi connectivity index (χ1n) is 8.06. The Bertz CT molecular complexity index is 708. The summed E-state index contributed by atoms with van der Waals surface area (Å²) in [5.74, 6) is 0.747. The van der Waals surface area contributed by atoms with Crippen LogP contribution in [0.5, 0.6) is 5.75 Å². The Morgan fingerprint density at radius 3 is 2.62 bits per heavy atom. The topological polar surface area (TPSA) is 38.3 Å². The molecule has 0 saturated carbocycles. The fourth-order valence-corrected chi connectivity index (χ4v) is 2.70. The van der Waals surface area contributed by atoms with Crippen molar-refractivity contribution in [1.82, 2.24) is 0 Å². The molecule has 2 aromatic rings. The lowest BCUT2D eigenvalue weighted by Gasteiger charge is -2.06. The summed E-state index contributed by atoms with van der Waals surface area (Å²) in [6, 6.07) is 13.2. The average Bonchev–Trinajstić information content (AvgIpc) is 2.57. The lowest BCUT2D eigenvalue weighted by molar-refractivity contribution is 0.104. The third-order valence-corrected chi connectivity index (χ3v) is 4.16. The van der Waals surface area contributed by atoms with Gasteiger partial charge >= 0.3 is 0 Å². The van der Waals surface area contributed by atoms with E-state index in [9.17, 15) is 4.79 Å². The maximum atomic E-state index is 12.2. The van der Waals surface area contributed by atoms with Crippen LogP contribution < -0.4 is 10.1 Å². The van der Waals surface area contributed by atoms with Gasteiger partial charge in [0.15, 0.2) is 5.78 Å². The van der Waals surface area contributed by atoms with Crippen molar-refractivity contribution < 1.29 is 9.53 Å². The van der Waals surface area contributed by atoms with Crippen molar-refractivity contribution in [2.45, 2.75) is 26.7 Å². The number of ether oxygens (including phenoxy) is 1. The van der Waals surface area contributed by atoms with Gasteiger partial charge in [0.25, 0.3) is 0 Å². The molecule has 0 saturated heterocycles. The molecular weight excluding hydrogens is 366 g/mol. The zero-order chi connectivity index (χ0) is 17.4. The minimum Gasteiger partial charge on any atom is -0.494 e. The number of ketones is 1. The minimum absolute atomic E-state index is 0.0501. The van der Waals surface area contributed by atoms with E-state index >= 15 is 0 Å². The van der Waals surface area contributed by atoms with E-state index in [-0.39, 0.29) is 5.78 Å². The second-order valence-electron chi connectivity index (χ2n) is 5.55. The highest BCUT2D eigenvalue weighted by Gasteiger charge is 2.03. The second kappa shape index (κ2) is 9.28. The third kappa shape index (κ3) is 5.53. The number of unbranched alkanes of at least 4 members (excludes halogenated alkanes) is 1. The van der Waals surface area contributed by atoms with Crippen LogP contribution in [0.3, 0.4) is 0 Å². The summed E-state index contributed by atoms with van der Waals surface area (Å²) in [5.41, 5.74) is 2.73. The van der Waals surface area contributed by atoms with Crippen molar-refractivity contribution in [2.24, 2.45) is 0 Å². The SMILES string of the molecule is CCCCOc1ccc(C(=O)/C=C/Nc2ccc(C)cc2Br)cc1. The number of anilines is 1. The molecule has 0 unspecified atom stereocenters. The van der Waals surface area contributed by atoms with Crippen molar-refractivity contribution >= 4 is 27.4 Å². The van der Waals surface area contributed by atoms with Crippen LogP contribution in [0, 0.1) is 6.92 Å².